The highest BCUT2D eigenvalue weighted by Gasteiger charge is 2.75. The molecule has 0 aliphatic heterocycles. The van der Waals surface area contributed by atoms with Gasteiger partial charge in [0.15, 0.2) is 11.6 Å². The number of aryl methyl sites for hydroxylation is 1. The van der Waals surface area contributed by atoms with Gasteiger partial charge in [0.2, 0.25) is 0 Å². The third kappa shape index (κ3) is 2.98. The van der Waals surface area contributed by atoms with E-state index in [-0.39, 0.29) is 29.1 Å². The molecule has 6 nitrogen and oxygen atoms in total. The quantitative estimate of drug-likeness (QED) is 0.765. The number of tetrazole rings is 1. The Kier molecular flexibility index (Phi) is 4.52. The van der Waals surface area contributed by atoms with Gasteiger partial charge in [0.25, 0.3) is 0 Å². The first-order chi connectivity index (χ1) is 15.1. The zero-order valence-electron chi connectivity index (χ0n) is 19.6. The highest BCUT2D eigenvalue weighted by atomic mass is 19.1. The second-order valence-corrected chi connectivity index (χ2v) is 12.6. The zero-order valence-corrected chi connectivity index (χ0v) is 19.6. The topological polar surface area (TPSA) is 80.9 Å². The number of hydrogen-bond acceptors (Lipinski definition) is 5. The predicted octanol–water partition coefficient (Wildman–Crippen LogP) is 3.91. The van der Waals surface area contributed by atoms with Gasteiger partial charge in [-0.05, 0) is 112 Å². The van der Waals surface area contributed by atoms with Gasteiger partial charge < -0.3 is 5.11 Å². The summed E-state index contributed by atoms with van der Waals surface area (Å²) in [7, 11) is 0. The second kappa shape index (κ2) is 6.83. The van der Waals surface area contributed by atoms with Crippen LogP contribution < -0.4 is 0 Å². The summed E-state index contributed by atoms with van der Waals surface area (Å²) in [4.78, 5) is 14.9. The van der Waals surface area contributed by atoms with Crippen LogP contribution in [-0.4, -0.2) is 42.9 Å². The Morgan fingerprint density at radius 2 is 1.84 bits per heavy atom. The first-order valence-electron chi connectivity index (χ1n) is 12.8. The Morgan fingerprint density at radius 3 is 2.53 bits per heavy atom. The molecule has 0 saturated heterocycles. The monoisotopic (exact) mass is 444 g/mol. The minimum absolute atomic E-state index is 0.106. The summed E-state index contributed by atoms with van der Waals surface area (Å²) in [6.07, 6.45) is 7.98. The summed E-state index contributed by atoms with van der Waals surface area (Å²) >= 11 is 0. The molecule has 10 atom stereocenters. The first kappa shape index (κ1) is 21.2. The number of alkyl halides is 1. The SMILES string of the molecule is Cc1nnn(CC(=O)[C@H]2C[C@@]3(C[C@H]3F)[C@H]3[C@@H]4CC[C@@H]5C[C@](C)(O)CC[C@@H]5[C@H]4CC[C@]23C)n1. The van der Waals surface area contributed by atoms with Gasteiger partial charge in [-0.2, -0.15) is 4.80 Å². The average molecular weight is 445 g/mol. The predicted molar refractivity (Wildman–Crippen MR) is 116 cm³/mol. The van der Waals surface area contributed by atoms with Crippen LogP contribution in [0, 0.1) is 53.3 Å². The fraction of sp³-hybridized carbons (Fsp3) is 0.920. The highest BCUT2D eigenvalue weighted by Crippen LogP contribution is 2.77. The molecule has 5 saturated carbocycles. The number of aromatic nitrogens is 4. The molecule has 176 valence electrons. The number of hydrogen-bond donors (Lipinski definition) is 1. The van der Waals surface area contributed by atoms with Crippen LogP contribution in [0.4, 0.5) is 4.39 Å². The van der Waals surface area contributed by atoms with Crippen molar-refractivity contribution in [3.63, 3.8) is 0 Å². The largest absolute Gasteiger partial charge is 0.390 e. The van der Waals surface area contributed by atoms with Crippen molar-refractivity contribution in [2.24, 2.45) is 46.3 Å². The molecule has 0 radical (unpaired) electrons. The lowest BCUT2D eigenvalue weighted by molar-refractivity contribution is -0.134. The third-order valence-corrected chi connectivity index (χ3v) is 10.7. The number of carbonyl (C=O) groups is 1. The van der Waals surface area contributed by atoms with Crippen LogP contribution in [0.2, 0.25) is 0 Å². The van der Waals surface area contributed by atoms with Gasteiger partial charge in [-0.3, -0.25) is 4.79 Å². The Bertz CT molecular complexity index is 933. The number of ketones is 1. The molecule has 5 aliphatic rings. The first-order valence-corrected chi connectivity index (χ1v) is 12.8. The standard InChI is InChI=1S/C25H37FN4O2/c1-14-27-29-30(28-14)13-20(31)19-11-25(12-21(25)26)22-18-5-4-15-10-23(2,32)8-6-16(15)17(18)7-9-24(19,22)3/h15-19,21-22,32H,4-13H2,1-3H3/t15-,16+,17-,18-,19-,21-,22+,23-,24-,25+/m1/s1. The number of carbonyl (C=O) groups excluding carboxylic acids is 1. The van der Waals surface area contributed by atoms with Crippen LogP contribution in [0.25, 0.3) is 0 Å². The molecule has 0 unspecified atom stereocenters. The maximum absolute atomic E-state index is 15.1. The number of Topliss-reactive ketones (excluding diaryl/α,β-unsaturated/α-hetero) is 1. The van der Waals surface area contributed by atoms with Crippen LogP contribution in [0.15, 0.2) is 0 Å². The van der Waals surface area contributed by atoms with Crippen molar-refractivity contribution in [3.05, 3.63) is 5.82 Å². The average Bonchev–Trinajstić information content (AvgIpc) is 3.04. The summed E-state index contributed by atoms with van der Waals surface area (Å²) in [5.74, 6) is 3.39. The van der Waals surface area contributed by atoms with Gasteiger partial charge in [0, 0.05) is 11.3 Å². The van der Waals surface area contributed by atoms with Gasteiger partial charge in [0.1, 0.15) is 12.7 Å². The number of halogens is 1. The number of aliphatic hydroxyl groups is 1. The molecule has 6 rings (SSSR count). The summed E-state index contributed by atoms with van der Waals surface area (Å²) in [5.41, 5.74) is -0.920. The van der Waals surface area contributed by atoms with Crippen LogP contribution >= 0.6 is 0 Å². The van der Waals surface area contributed by atoms with Gasteiger partial charge in [-0.15, -0.1) is 10.2 Å². The van der Waals surface area contributed by atoms with E-state index in [0.29, 0.717) is 48.3 Å². The molecule has 0 amide bonds. The molecule has 1 heterocycles. The van der Waals surface area contributed by atoms with Crippen molar-refractivity contribution in [2.75, 3.05) is 0 Å². The normalized spacial score (nSPS) is 51.7. The zero-order chi connectivity index (χ0) is 22.5. The summed E-state index contributed by atoms with van der Waals surface area (Å²) < 4.78 is 15.1. The van der Waals surface area contributed by atoms with Crippen molar-refractivity contribution in [1.82, 2.24) is 20.2 Å². The van der Waals surface area contributed by atoms with E-state index in [1.807, 2.05) is 6.92 Å². The number of rotatable bonds is 3. The Hall–Kier alpha value is -1.37. The minimum Gasteiger partial charge on any atom is -0.390 e. The Morgan fingerprint density at radius 1 is 1.09 bits per heavy atom. The molecule has 5 fully saturated rings. The van der Waals surface area contributed by atoms with Crippen molar-refractivity contribution in [2.45, 2.75) is 96.9 Å². The third-order valence-electron chi connectivity index (χ3n) is 10.7. The van der Waals surface area contributed by atoms with E-state index in [2.05, 4.69) is 22.3 Å². The molecule has 1 aromatic heterocycles. The van der Waals surface area contributed by atoms with Crippen molar-refractivity contribution in [3.8, 4) is 0 Å². The van der Waals surface area contributed by atoms with E-state index < -0.39 is 11.8 Å². The summed E-state index contributed by atoms with van der Waals surface area (Å²) in [6, 6.07) is 0. The molecule has 32 heavy (non-hydrogen) atoms. The molecular weight excluding hydrogens is 407 g/mol. The highest BCUT2D eigenvalue weighted by molar-refractivity contribution is 5.82. The molecule has 1 aromatic rings. The molecule has 1 spiro atoms. The van der Waals surface area contributed by atoms with E-state index in [1.54, 1.807) is 6.92 Å². The van der Waals surface area contributed by atoms with Gasteiger partial charge in [-0.1, -0.05) is 6.92 Å². The molecule has 0 bridgehead atoms. The van der Waals surface area contributed by atoms with E-state index >= 15 is 4.39 Å². The van der Waals surface area contributed by atoms with E-state index in [0.717, 1.165) is 44.9 Å². The van der Waals surface area contributed by atoms with E-state index in [9.17, 15) is 9.90 Å². The number of fused-ring (bicyclic) bond motifs is 6. The van der Waals surface area contributed by atoms with Crippen LogP contribution in [-0.2, 0) is 11.3 Å². The molecule has 0 aromatic carbocycles. The number of nitrogens with zero attached hydrogens (tertiary/aromatic N) is 4. The van der Waals surface area contributed by atoms with Crippen molar-refractivity contribution >= 4 is 5.78 Å². The van der Waals surface area contributed by atoms with Crippen LogP contribution in [0.5, 0.6) is 0 Å². The van der Waals surface area contributed by atoms with Crippen LogP contribution in [0.3, 0.4) is 0 Å². The lowest BCUT2D eigenvalue weighted by Crippen LogP contribution is -2.52. The van der Waals surface area contributed by atoms with E-state index in [1.165, 1.54) is 4.80 Å². The lowest BCUT2D eigenvalue weighted by atomic mass is 9.47. The molecule has 1 N–H and O–H groups in total. The maximum Gasteiger partial charge on any atom is 0.171 e. The van der Waals surface area contributed by atoms with Gasteiger partial charge in [0.05, 0.1) is 5.60 Å². The Balaban J connectivity index is 1.28. The van der Waals surface area contributed by atoms with E-state index in [4.69, 9.17) is 0 Å². The lowest BCUT2D eigenvalue weighted by Gasteiger charge is -2.57. The fourth-order valence-electron chi connectivity index (χ4n) is 9.46. The van der Waals surface area contributed by atoms with Gasteiger partial charge in [-0.25, -0.2) is 4.39 Å². The minimum atomic E-state index is -0.750. The summed E-state index contributed by atoms with van der Waals surface area (Å²) in [5, 5.41) is 22.8. The second-order valence-electron chi connectivity index (χ2n) is 12.6. The Labute approximate surface area is 189 Å². The van der Waals surface area contributed by atoms with Crippen molar-refractivity contribution < 1.29 is 14.3 Å². The molecular formula is C25H37FN4O2. The molecule has 5 aliphatic carbocycles. The maximum atomic E-state index is 15.1. The van der Waals surface area contributed by atoms with Crippen LogP contribution in [0.1, 0.15) is 77.5 Å². The van der Waals surface area contributed by atoms with Crippen molar-refractivity contribution in [1.29, 1.82) is 0 Å². The molecule has 7 heteroatoms. The smallest absolute Gasteiger partial charge is 0.171 e. The fourth-order valence-corrected chi connectivity index (χ4v) is 9.46. The van der Waals surface area contributed by atoms with Gasteiger partial charge >= 0.3 is 0 Å². The summed E-state index contributed by atoms with van der Waals surface area (Å²) in [6.45, 7) is 6.22.